The molecule has 1 aromatic heterocycles. The van der Waals surface area contributed by atoms with Gasteiger partial charge in [-0.05, 0) is 12.5 Å². The average Bonchev–Trinajstić information content (AvgIpc) is 2.87. The minimum absolute atomic E-state index is 0.160. The number of sulfone groups is 1. The zero-order valence-electron chi connectivity index (χ0n) is 10.8. The van der Waals surface area contributed by atoms with Gasteiger partial charge in [0.05, 0.1) is 18.0 Å². The van der Waals surface area contributed by atoms with Crippen molar-refractivity contribution in [1.29, 1.82) is 0 Å². The van der Waals surface area contributed by atoms with E-state index in [0.29, 0.717) is 12.1 Å². The lowest BCUT2D eigenvalue weighted by Gasteiger charge is -2.13. The lowest BCUT2D eigenvalue weighted by molar-refractivity contribution is 0.173. The number of aliphatic hydroxyl groups is 1. The second-order valence-electron chi connectivity index (χ2n) is 4.38. The summed E-state index contributed by atoms with van der Waals surface area (Å²) in [5, 5.41) is 14.0. The molecule has 0 aliphatic heterocycles. The second-order valence-corrected chi connectivity index (χ2v) is 6.39. The van der Waals surface area contributed by atoms with Crippen LogP contribution in [-0.4, -0.2) is 29.6 Å². The molecule has 0 saturated carbocycles. The highest BCUT2D eigenvalue weighted by atomic mass is 32.2. The number of benzene rings is 1. The topological polar surface area (TPSA) is 72.2 Å². The normalized spacial score (nSPS) is 13.4. The van der Waals surface area contributed by atoms with Crippen molar-refractivity contribution in [3.05, 3.63) is 42.2 Å². The fourth-order valence-electron chi connectivity index (χ4n) is 1.83. The van der Waals surface area contributed by atoms with Crippen LogP contribution in [0, 0.1) is 0 Å². The number of hydrogen-bond donors (Lipinski definition) is 1. The predicted molar refractivity (Wildman–Crippen MR) is 71.9 cm³/mol. The van der Waals surface area contributed by atoms with E-state index in [-0.39, 0.29) is 4.90 Å². The first kappa shape index (κ1) is 13.8. The first-order chi connectivity index (χ1) is 8.93. The van der Waals surface area contributed by atoms with Crippen molar-refractivity contribution in [2.75, 3.05) is 6.26 Å². The molecule has 1 unspecified atom stereocenters. The highest BCUT2D eigenvalue weighted by molar-refractivity contribution is 7.90. The molecule has 1 heterocycles. The first-order valence-corrected chi connectivity index (χ1v) is 7.84. The maximum absolute atomic E-state index is 11.4. The Bertz CT molecular complexity index is 677. The zero-order valence-corrected chi connectivity index (χ0v) is 11.6. The van der Waals surface area contributed by atoms with Gasteiger partial charge in [0.15, 0.2) is 9.84 Å². The summed E-state index contributed by atoms with van der Waals surface area (Å²) in [6.45, 7) is 1.88. The smallest absolute Gasteiger partial charge is 0.178 e. The van der Waals surface area contributed by atoms with Crippen molar-refractivity contribution in [3.8, 4) is 5.69 Å². The van der Waals surface area contributed by atoms with Crippen LogP contribution in [0.4, 0.5) is 0 Å². The molecule has 1 atom stereocenters. The van der Waals surface area contributed by atoms with E-state index in [1.165, 1.54) is 17.1 Å². The Morgan fingerprint density at radius 2 is 2.05 bits per heavy atom. The van der Waals surface area contributed by atoms with Gasteiger partial charge in [-0.25, -0.2) is 13.1 Å². The van der Waals surface area contributed by atoms with Crippen LogP contribution in [0.2, 0.25) is 0 Å². The Balaban J connectivity index is 2.51. The lowest BCUT2D eigenvalue weighted by Crippen LogP contribution is -2.04. The number of hydrogen-bond acceptors (Lipinski definition) is 4. The van der Waals surface area contributed by atoms with Crippen molar-refractivity contribution >= 4 is 9.84 Å². The van der Waals surface area contributed by atoms with Crippen molar-refractivity contribution < 1.29 is 13.5 Å². The Kier molecular flexibility index (Phi) is 3.73. The average molecular weight is 280 g/mol. The highest BCUT2D eigenvalue weighted by Gasteiger charge is 2.15. The molecule has 1 aromatic carbocycles. The van der Waals surface area contributed by atoms with E-state index >= 15 is 0 Å². The fraction of sp³-hybridized carbons (Fsp3) is 0.308. The summed E-state index contributed by atoms with van der Waals surface area (Å²) in [5.74, 6) is 0. The van der Waals surface area contributed by atoms with E-state index < -0.39 is 15.9 Å². The van der Waals surface area contributed by atoms with Crippen LogP contribution in [0.25, 0.3) is 5.69 Å². The summed E-state index contributed by atoms with van der Waals surface area (Å²) in [7, 11) is -3.27. The second kappa shape index (κ2) is 5.14. The van der Waals surface area contributed by atoms with Crippen molar-refractivity contribution in [2.45, 2.75) is 24.3 Å². The minimum atomic E-state index is -3.27. The molecule has 0 fully saturated rings. The van der Waals surface area contributed by atoms with Gasteiger partial charge in [0.2, 0.25) is 0 Å². The number of rotatable bonds is 4. The summed E-state index contributed by atoms with van der Waals surface area (Å²) in [6, 6.07) is 7.26. The molecule has 0 radical (unpaired) electrons. The molecule has 0 spiro atoms. The van der Waals surface area contributed by atoms with Crippen LogP contribution in [0.15, 0.2) is 41.6 Å². The van der Waals surface area contributed by atoms with E-state index in [4.69, 9.17) is 0 Å². The van der Waals surface area contributed by atoms with Crippen LogP contribution >= 0.6 is 0 Å². The van der Waals surface area contributed by atoms with E-state index in [1.807, 2.05) is 25.1 Å². The van der Waals surface area contributed by atoms with Crippen LogP contribution in [0.1, 0.15) is 25.0 Å². The van der Waals surface area contributed by atoms with Crippen LogP contribution < -0.4 is 0 Å². The van der Waals surface area contributed by atoms with Gasteiger partial charge in [-0.2, -0.15) is 5.10 Å². The zero-order chi connectivity index (χ0) is 14.0. The van der Waals surface area contributed by atoms with E-state index in [9.17, 15) is 13.5 Å². The Labute approximate surface area is 112 Å². The molecule has 0 amide bonds. The lowest BCUT2D eigenvalue weighted by atomic mass is 10.1. The Hall–Kier alpha value is -1.66. The molecule has 6 heteroatoms. The number of aliphatic hydroxyl groups excluding tert-OH is 1. The third-order valence-electron chi connectivity index (χ3n) is 2.92. The third-order valence-corrected chi connectivity index (χ3v) is 3.98. The Morgan fingerprint density at radius 1 is 1.37 bits per heavy atom. The molecule has 2 aromatic rings. The molecular formula is C13H16N2O3S. The molecule has 0 bridgehead atoms. The summed E-state index contributed by atoms with van der Waals surface area (Å²) in [6.07, 6.45) is 3.89. The predicted octanol–water partition coefficient (Wildman–Crippen LogP) is 1.72. The maximum Gasteiger partial charge on any atom is 0.178 e. The molecule has 19 heavy (non-hydrogen) atoms. The largest absolute Gasteiger partial charge is 0.388 e. The van der Waals surface area contributed by atoms with Gasteiger partial charge in [0.1, 0.15) is 4.90 Å². The van der Waals surface area contributed by atoms with Gasteiger partial charge in [0.25, 0.3) is 0 Å². The number of nitrogens with zero attached hydrogens (tertiary/aromatic N) is 2. The van der Waals surface area contributed by atoms with Gasteiger partial charge in [-0.3, -0.25) is 0 Å². The molecular weight excluding hydrogens is 264 g/mol. The maximum atomic E-state index is 11.4. The van der Waals surface area contributed by atoms with Crippen molar-refractivity contribution in [1.82, 2.24) is 9.78 Å². The van der Waals surface area contributed by atoms with Crippen LogP contribution in [-0.2, 0) is 9.84 Å². The fourth-order valence-corrected chi connectivity index (χ4v) is 2.36. The van der Waals surface area contributed by atoms with E-state index in [1.54, 1.807) is 6.07 Å². The number of para-hydroxylation sites is 1. The summed E-state index contributed by atoms with van der Waals surface area (Å²) in [5.41, 5.74) is 1.42. The first-order valence-electron chi connectivity index (χ1n) is 5.95. The van der Waals surface area contributed by atoms with Crippen LogP contribution in [0.5, 0.6) is 0 Å². The quantitative estimate of drug-likeness (QED) is 0.925. The Morgan fingerprint density at radius 3 is 2.63 bits per heavy atom. The molecule has 2 rings (SSSR count). The van der Waals surface area contributed by atoms with Crippen LogP contribution in [0.3, 0.4) is 0 Å². The van der Waals surface area contributed by atoms with E-state index in [0.717, 1.165) is 11.8 Å². The molecule has 5 nitrogen and oxygen atoms in total. The number of aromatic nitrogens is 2. The monoisotopic (exact) mass is 280 g/mol. The third kappa shape index (κ3) is 2.85. The van der Waals surface area contributed by atoms with Gasteiger partial charge in [0, 0.05) is 18.0 Å². The van der Waals surface area contributed by atoms with Crippen molar-refractivity contribution in [3.63, 3.8) is 0 Å². The molecule has 1 N–H and O–H groups in total. The van der Waals surface area contributed by atoms with Crippen molar-refractivity contribution in [2.24, 2.45) is 0 Å². The molecule has 0 aliphatic rings. The molecule has 102 valence electrons. The highest BCUT2D eigenvalue weighted by Crippen LogP contribution is 2.24. The summed E-state index contributed by atoms with van der Waals surface area (Å²) < 4.78 is 24.4. The molecule has 0 saturated heterocycles. The van der Waals surface area contributed by atoms with Gasteiger partial charge >= 0.3 is 0 Å². The van der Waals surface area contributed by atoms with Gasteiger partial charge in [-0.15, -0.1) is 0 Å². The summed E-state index contributed by atoms with van der Waals surface area (Å²) in [4.78, 5) is 0.160. The SMILES string of the molecule is CCC(O)c1ccccc1-n1cc(S(C)(=O)=O)cn1. The van der Waals surface area contributed by atoms with Gasteiger partial charge < -0.3 is 5.11 Å². The van der Waals surface area contributed by atoms with E-state index in [2.05, 4.69) is 5.10 Å². The standard InChI is InChI=1S/C13H16N2O3S/c1-3-13(16)11-6-4-5-7-12(11)15-9-10(8-14-15)19(2,17)18/h4-9,13,16H,3H2,1-2H3. The summed E-state index contributed by atoms with van der Waals surface area (Å²) >= 11 is 0. The minimum Gasteiger partial charge on any atom is -0.388 e. The molecule has 0 aliphatic carbocycles. The van der Waals surface area contributed by atoms with Gasteiger partial charge in [-0.1, -0.05) is 25.1 Å².